The molecule has 0 saturated heterocycles. The van der Waals surface area contributed by atoms with E-state index >= 15 is 0 Å². The summed E-state index contributed by atoms with van der Waals surface area (Å²) in [5, 5.41) is 2.75. The molecule has 5 nitrogen and oxygen atoms in total. The number of nitrogens with zero attached hydrogens (tertiary/aromatic N) is 1. The van der Waals surface area contributed by atoms with Gasteiger partial charge in [0.2, 0.25) is 0 Å². The third-order valence-electron chi connectivity index (χ3n) is 5.15. The van der Waals surface area contributed by atoms with Crippen LogP contribution in [0.3, 0.4) is 0 Å². The fourth-order valence-corrected chi connectivity index (χ4v) is 3.55. The second-order valence-corrected chi connectivity index (χ2v) is 7.36. The Bertz CT molecular complexity index is 1220. The van der Waals surface area contributed by atoms with E-state index in [0.717, 1.165) is 28.0 Å². The highest BCUT2D eigenvalue weighted by molar-refractivity contribution is 6.43. The monoisotopic (exact) mass is 412 g/mol. The molecule has 5 heteroatoms. The molecule has 1 N–H and O–H groups in total. The topological polar surface area (TPSA) is 59.8 Å². The minimum atomic E-state index is -0.628. The lowest BCUT2D eigenvalue weighted by molar-refractivity contribution is -0.117. The molecule has 0 saturated carbocycles. The van der Waals surface area contributed by atoms with Crippen molar-refractivity contribution in [1.82, 2.24) is 9.72 Å². The van der Waals surface area contributed by atoms with Gasteiger partial charge in [0.15, 0.2) is 0 Å². The van der Waals surface area contributed by atoms with Crippen LogP contribution in [0.2, 0.25) is 0 Å². The van der Waals surface area contributed by atoms with Gasteiger partial charge >= 0.3 is 0 Å². The van der Waals surface area contributed by atoms with Crippen LogP contribution in [0.5, 0.6) is 5.75 Å². The Morgan fingerprint density at radius 2 is 1.71 bits per heavy atom. The Kier molecular flexibility index (Phi) is 5.85. The van der Waals surface area contributed by atoms with Crippen LogP contribution in [0.15, 0.2) is 79.0 Å². The Labute approximate surface area is 181 Å². The number of hydrogen-bond donors (Lipinski definition) is 1. The van der Waals surface area contributed by atoms with Gasteiger partial charge in [0.25, 0.3) is 11.7 Å². The highest BCUT2D eigenvalue weighted by Crippen LogP contribution is 2.29. The number of ketones is 1. The molecule has 0 aliphatic rings. The van der Waals surface area contributed by atoms with Crippen molar-refractivity contribution in [2.75, 3.05) is 6.61 Å². The van der Waals surface area contributed by atoms with Gasteiger partial charge in [-0.05, 0) is 55.3 Å². The summed E-state index contributed by atoms with van der Waals surface area (Å²) < 4.78 is 7.28. The number of carbonyl (C=O) groups excluding carboxylic acids is 2. The Morgan fingerprint density at radius 3 is 2.42 bits per heavy atom. The van der Waals surface area contributed by atoms with Crippen LogP contribution < -0.4 is 10.1 Å². The maximum Gasteiger partial charge on any atom is 0.294 e. The summed E-state index contributed by atoms with van der Waals surface area (Å²) in [5.41, 5.74) is 4.85. The summed E-state index contributed by atoms with van der Waals surface area (Å²) in [7, 11) is 0. The lowest BCUT2D eigenvalue weighted by Crippen LogP contribution is -2.31. The van der Waals surface area contributed by atoms with Crippen LogP contribution in [0.25, 0.3) is 16.6 Å². The van der Waals surface area contributed by atoms with Crippen LogP contribution in [-0.4, -0.2) is 22.7 Å². The maximum atomic E-state index is 13.2. The number of rotatable bonds is 7. The zero-order valence-corrected chi connectivity index (χ0v) is 17.6. The number of Topliss-reactive ketones (excluding diaryl/α,β-unsaturated/α-hetero) is 1. The molecule has 0 unspecified atom stereocenters. The predicted molar refractivity (Wildman–Crippen MR) is 121 cm³/mol. The number of nitrogens with one attached hydrogen (secondary N) is 1. The number of fused-ring (bicyclic) bond motifs is 1. The van der Waals surface area contributed by atoms with E-state index < -0.39 is 11.7 Å². The molecule has 0 atom stereocenters. The average Bonchev–Trinajstić information content (AvgIpc) is 3.18. The predicted octanol–water partition coefficient (Wildman–Crippen LogP) is 4.81. The van der Waals surface area contributed by atoms with Crippen molar-refractivity contribution in [2.45, 2.75) is 20.4 Å². The van der Waals surface area contributed by atoms with Gasteiger partial charge in [-0.2, -0.15) is 0 Å². The molecule has 0 fully saturated rings. The average molecular weight is 412 g/mol. The molecule has 31 heavy (non-hydrogen) atoms. The van der Waals surface area contributed by atoms with E-state index in [9.17, 15) is 9.59 Å². The van der Waals surface area contributed by atoms with Crippen LogP contribution >= 0.6 is 0 Å². The Hall–Kier alpha value is -3.86. The fraction of sp³-hybridized carbons (Fsp3) is 0.154. The zero-order chi connectivity index (χ0) is 21.8. The maximum absolute atomic E-state index is 13.2. The van der Waals surface area contributed by atoms with Crippen molar-refractivity contribution in [1.29, 1.82) is 0 Å². The highest BCUT2D eigenvalue weighted by Gasteiger charge is 2.24. The minimum absolute atomic E-state index is 0.298. The first-order chi connectivity index (χ1) is 15.1. The van der Waals surface area contributed by atoms with Gasteiger partial charge < -0.3 is 14.5 Å². The van der Waals surface area contributed by atoms with Crippen LogP contribution in [-0.2, 0) is 11.3 Å². The largest absolute Gasteiger partial charge is 0.494 e. The standard InChI is InChI=1S/C26H24N2O3/c1-3-31-22-13-11-20(12-14-22)23-16-21-6-4-5-15-28(21)24(23)25(29)26(30)27-17-19-9-7-18(2)8-10-19/h4-16H,3,17H2,1-2H3,(H,27,30). The van der Waals surface area contributed by atoms with Gasteiger partial charge in [-0.3, -0.25) is 9.59 Å². The van der Waals surface area contributed by atoms with Gasteiger partial charge in [-0.25, -0.2) is 0 Å². The minimum Gasteiger partial charge on any atom is -0.494 e. The van der Waals surface area contributed by atoms with E-state index in [1.165, 1.54) is 0 Å². The second-order valence-electron chi connectivity index (χ2n) is 7.36. The van der Waals surface area contributed by atoms with Crippen molar-refractivity contribution in [3.05, 3.63) is 95.8 Å². The smallest absolute Gasteiger partial charge is 0.294 e. The van der Waals surface area contributed by atoms with Crippen molar-refractivity contribution >= 4 is 17.2 Å². The first kappa shape index (κ1) is 20.4. The Balaban J connectivity index is 1.65. The summed E-state index contributed by atoms with van der Waals surface area (Å²) in [5.74, 6) is -0.433. The van der Waals surface area contributed by atoms with E-state index in [1.807, 2.05) is 86.6 Å². The highest BCUT2D eigenvalue weighted by atomic mass is 16.5. The van der Waals surface area contributed by atoms with Crippen LogP contribution in [0.4, 0.5) is 0 Å². The molecular weight excluding hydrogens is 388 g/mol. The van der Waals surface area contributed by atoms with Crippen molar-refractivity contribution < 1.29 is 14.3 Å². The van der Waals surface area contributed by atoms with E-state index in [2.05, 4.69) is 5.32 Å². The number of pyridine rings is 1. The molecular formula is C26H24N2O3. The molecule has 4 aromatic rings. The molecule has 4 rings (SSSR count). The molecule has 0 aliphatic carbocycles. The summed E-state index contributed by atoms with van der Waals surface area (Å²) in [4.78, 5) is 26.0. The van der Waals surface area contributed by atoms with Gasteiger partial charge in [-0.1, -0.05) is 48.0 Å². The normalized spacial score (nSPS) is 10.8. The number of aromatic nitrogens is 1. The summed E-state index contributed by atoms with van der Waals surface area (Å²) in [6, 6.07) is 23.0. The van der Waals surface area contributed by atoms with Crippen LogP contribution in [0, 0.1) is 6.92 Å². The van der Waals surface area contributed by atoms with Gasteiger partial charge in [0.05, 0.1) is 6.61 Å². The number of aryl methyl sites for hydroxylation is 1. The molecule has 0 aliphatic heterocycles. The number of amides is 1. The first-order valence-corrected chi connectivity index (χ1v) is 10.3. The van der Waals surface area contributed by atoms with E-state index in [0.29, 0.717) is 24.4 Å². The molecule has 1 amide bonds. The molecule has 156 valence electrons. The number of ether oxygens (including phenoxy) is 1. The van der Waals surface area contributed by atoms with E-state index in [1.54, 1.807) is 10.6 Å². The third-order valence-corrected chi connectivity index (χ3v) is 5.15. The molecule has 0 spiro atoms. The van der Waals surface area contributed by atoms with Gasteiger partial charge in [0, 0.05) is 23.8 Å². The van der Waals surface area contributed by atoms with Crippen molar-refractivity contribution in [3.8, 4) is 16.9 Å². The van der Waals surface area contributed by atoms with Gasteiger partial charge in [-0.15, -0.1) is 0 Å². The zero-order valence-electron chi connectivity index (χ0n) is 17.6. The third kappa shape index (κ3) is 4.36. The van der Waals surface area contributed by atoms with E-state index in [-0.39, 0.29) is 0 Å². The van der Waals surface area contributed by atoms with E-state index in [4.69, 9.17) is 4.74 Å². The summed E-state index contributed by atoms with van der Waals surface area (Å²) in [6.45, 7) is 4.82. The molecule has 2 heterocycles. The molecule has 2 aromatic heterocycles. The number of benzene rings is 2. The summed E-state index contributed by atoms with van der Waals surface area (Å²) >= 11 is 0. The summed E-state index contributed by atoms with van der Waals surface area (Å²) in [6.07, 6.45) is 1.80. The molecule has 2 aromatic carbocycles. The number of hydrogen-bond acceptors (Lipinski definition) is 3. The lowest BCUT2D eigenvalue weighted by Gasteiger charge is -2.09. The fourth-order valence-electron chi connectivity index (χ4n) is 3.55. The molecule has 0 radical (unpaired) electrons. The quantitative estimate of drug-likeness (QED) is 0.350. The van der Waals surface area contributed by atoms with Crippen molar-refractivity contribution in [2.24, 2.45) is 0 Å². The molecule has 0 bridgehead atoms. The first-order valence-electron chi connectivity index (χ1n) is 10.3. The SMILES string of the molecule is CCOc1ccc(-c2cc3ccccn3c2C(=O)C(=O)NCc2ccc(C)cc2)cc1. The Morgan fingerprint density at radius 1 is 0.968 bits per heavy atom. The van der Waals surface area contributed by atoms with Gasteiger partial charge in [0.1, 0.15) is 11.4 Å². The van der Waals surface area contributed by atoms with Crippen LogP contribution in [0.1, 0.15) is 28.5 Å². The van der Waals surface area contributed by atoms with Crippen molar-refractivity contribution in [3.63, 3.8) is 0 Å². The second kappa shape index (κ2) is 8.88. The number of carbonyl (C=O) groups is 2. The lowest BCUT2D eigenvalue weighted by atomic mass is 10.0.